The number of nitrogens with one attached hydrogen (secondary N) is 1. The molecule has 4 aromatic rings. The maximum atomic E-state index is 13.5. The van der Waals surface area contributed by atoms with Crippen LogP contribution in [0.1, 0.15) is 16.7 Å². The SMILES string of the molecule is O=C1N=C(NCCn2ccnc2)SC1=Cc1ccc2c(cnn2Cc2ccc(Cl)cc2C(F)(F)F)c1. The van der Waals surface area contributed by atoms with Crippen LogP contribution in [-0.4, -0.2) is 37.0 Å². The Morgan fingerprint density at radius 1 is 1.17 bits per heavy atom. The van der Waals surface area contributed by atoms with Crippen molar-refractivity contribution in [3.8, 4) is 0 Å². The molecule has 0 aliphatic carbocycles. The number of carbonyl (C=O) groups is 1. The molecule has 0 atom stereocenters. The molecule has 1 aliphatic heterocycles. The average Bonchev–Trinajstić information content (AvgIpc) is 3.56. The third kappa shape index (κ3) is 5.31. The van der Waals surface area contributed by atoms with E-state index < -0.39 is 11.7 Å². The zero-order valence-corrected chi connectivity index (χ0v) is 20.1. The number of aliphatic imine (C=N–C) groups is 1. The van der Waals surface area contributed by atoms with Gasteiger partial charge in [-0.25, -0.2) is 4.98 Å². The first kappa shape index (κ1) is 24.1. The van der Waals surface area contributed by atoms with Crippen molar-refractivity contribution in [2.24, 2.45) is 4.99 Å². The monoisotopic (exact) mass is 530 g/mol. The van der Waals surface area contributed by atoms with E-state index in [-0.39, 0.29) is 23.0 Å². The smallest absolute Gasteiger partial charge is 0.362 e. The van der Waals surface area contributed by atoms with Crippen LogP contribution in [0.4, 0.5) is 13.2 Å². The molecule has 7 nitrogen and oxygen atoms in total. The highest BCUT2D eigenvalue weighted by Crippen LogP contribution is 2.34. The van der Waals surface area contributed by atoms with Crippen LogP contribution >= 0.6 is 23.4 Å². The fraction of sp³-hybridized carbons (Fsp3) is 0.167. The molecule has 2 aromatic carbocycles. The Hall–Kier alpha value is -3.57. The molecule has 0 saturated heterocycles. The second-order valence-corrected chi connectivity index (χ2v) is 9.45. The van der Waals surface area contributed by atoms with E-state index in [1.165, 1.54) is 28.6 Å². The number of carbonyl (C=O) groups excluding carboxylic acids is 1. The van der Waals surface area contributed by atoms with E-state index in [0.29, 0.717) is 28.7 Å². The van der Waals surface area contributed by atoms with Crippen LogP contribution in [0, 0.1) is 0 Å². The fourth-order valence-electron chi connectivity index (χ4n) is 3.78. The Labute approximate surface area is 212 Å². The number of nitrogens with zero attached hydrogens (tertiary/aromatic N) is 5. The first-order chi connectivity index (χ1) is 17.3. The van der Waals surface area contributed by atoms with Crippen LogP contribution in [-0.2, 0) is 24.1 Å². The summed E-state index contributed by atoms with van der Waals surface area (Å²) in [6, 6.07) is 9.11. The van der Waals surface area contributed by atoms with Crippen molar-refractivity contribution in [1.82, 2.24) is 24.6 Å². The van der Waals surface area contributed by atoms with Crippen molar-refractivity contribution >= 4 is 51.4 Å². The van der Waals surface area contributed by atoms with Gasteiger partial charge in [-0.15, -0.1) is 0 Å². The van der Waals surface area contributed by atoms with Crippen LogP contribution in [0.25, 0.3) is 17.0 Å². The number of hydrogen-bond donors (Lipinski definition) is 1. The average molecular weight is 531 g/mol. The van der Waals surface area contributed by atoms with Crippen LogP contribution in [0.3, 0.4) is 0 Å². The summed E-state index contributed by atoms with van der Waals surface area (Å²) in [5, 5.41) is 8.71. The minimum atomic E-state index is -4.52. The van der Waals surface area contributed by atoms with Gasteiger partial charge in [0.1, 0.15) is 0 Å². The van der Waals surface area contributed by atoms with Gasteiger partial charge in [0.2, 0.25) is 0 Å². The van der Waals surface area contributed by atoms with Gasteiger partial charge in [-0.1, -0.05) is 23.7 Å². The zero-order valence-electron chi connectivity index (χ0n) is 18.5. The molecule has 0 spiro atoms. The largest absolute Gasteiger partial charge is 0.416 e. The maximum Gasteiger partial charge on any atom is 0.416 e. The van der Waals surface area contributed by atoms with Gasteiger partial charge >= 0.3 is 6.18 Å². The second kappa shape index (κ2) is 9.82. The van der Waals surface area contributed by atoms with Gasteiger partial charge in [0, 0.05) is 35.9 Å². The molecule has 0 saturated carbocycles. The predicted octanol–water partition coefficient (Wildman–Crippen LogP) is 5.21. The van der Waals surface area contributed by atoms with E-state index >= 15 is 0 Å². The summed E-state index contributed by atoms with van der Waals surface area (Å²) in [7, 11) is 0. The summed E-state index contributed by atoms with van der Waals surface area (Å²) < 4.78 is 43.8. The molecule has 184 valence electrons. The molecule has 5 rings (SSSR count). The number of rotatable bonds is 6. The van der Waals surface area contributed by atoms with Gasteiger partial charge in [-0.3, -0.25) is 9.48 Å². The molecule has 0 fully saturated rings. The van der Waals surface area contributed by atoms with E-state index in [0.717, 1.165) is 17.0 Å². The number of amidine groups is 1. The Bertz CT molecular complexity index is 1490. The minimum absolute atomic E-state index is 0.0222. The number of imidazole rings is 1. The predicted molar refractivity (Wildman–Crippen MR) is 134 cm³/mol. The molecular weight excluding hydrogens is 513 g/mol. The number of aromatic nitrogens is 4. The maximum absolute atomic E-state index is 13.5. The molecule has 3 heterocycles. The van der Waals surface area contributed by atoms with Gasteiger partial charge in [-0.2, -0.15) is 23.3 Å². The lowest BCUT2D eigenvalue weighted by Crippen LogP contribution is -2.23. The highest BCUT2D eigenvalue weighted by atomic mass is 35.5. The number of hydrogen-bond acceptors (Lipinski definition) is 5. The molecule has 36 heavy (non-hydrogen) atoms. The Kier molecular flexibility index (Phi) is 6.59. The summed E-state index contributed by atoms with van der Waals surface area (Å²) >= 11 is 7.04. The van der Waals surface area contributed by atoms with Crippen LogP contribution in [0.2, 0.25) is 5.02 Å². The van der Waals surface area contributed by atoms with Crippen molar-refractivity contribution in [3.05, 3.63) is 87.9 Å². The lowest BCUT2D eigenvalue weighted by molar-refractivity contribution is -0.138. The van der Waals surface area contributed by atoms with Crippen molar-refractivity contribution < 1.29 is 18.0 Å². The third-order valence-corrected chi connectivity index (χ3v) is 6.66. The molecule has 1 amide bonds. The van der Waals surface area contributed by atoms with E-state index in [2.05, 4.69) is 20.4 Å². The Morgan fingerprint density at radius 2 is 2.03 bits per heavy atom. The van der Waals surface area contributed by atoms with Crippen LogP contribution in [0.15, 0.2) is 71.2 Å². The van der Waals surface area contributed by atoms with Gasteiger partial charge in [0.05, 0.1) is 35.1 Å². The van der Waals surface area contributed by atoms with Crippen molar-refractivity contribution in [3.63, 3.8) is 0 Å². The Balaban J connectivity index is 1.30. The minimum Gasteiger partial charge on any atom is -0.362 e. The highest BCUT2D eigenvalue weighted by molar-refractivity contribution is 8.18. The molecule has 12 heteroatoms. The van der Waals surface area contributed by atoms with E-state index in [9.17, 15) is 18.0 Å². The lowest BCUT2D eigenvalue weighted by atomic mass is 10.1. The van der Waals surface area contributed by atoms with E-state index in [4.69, 9.17) is 11.6 Å². The third-order valence-electron chi connectivity index (χ3n) is 5.49. The van der Waals surface area contributed by atoms with Crippen LogP contribution < -0.4 is 5.32 Å². The van der Waals surface area contributed by atoms with Crippen LogP contribution in [0.5, 0.6) is 0 Å². The zero-order chi connectivity index (χ0) is 25.3. The summed E-state index contributed by atoms with van der Waals surface area (Å²) in [6.07, 6.45) is 4.06. The van der Waals surface area contributed by atoms with Gasteiger partial charge in [-0.05, 0) is 53.2 Å². The number of alkyl halides is 3. The second-order valence-electron chi connectivity index (χ2n) is 7.98. The topological polar surface area (TPSA) is 77.1 Å². The van der Waals surface area contributed by atoms with Gasteiger partial charge in [0.15, 0.2) is 5.17 Å². The lowest BCUT2D eigenvalue weighted by Gasteiger charge is -2.14. The molecular formula is C24H18ClF3N6OS. The molecule has 0 bridgehead atoms. The van der Waals surface area contributed by atoms with Crippen molar-refractivity contribution in [2.45, 2.75) is 19.3 Å². The fourth-order valence-corrected chi connectivity index (χ4v) is 4.79. The van der Waals surface area contributed by atoms with Gasteiger partial charge in [0.25, 0.3) is 5.91 Å². The number of halogens is 4. The number of fused-ring (bicyclic) bond motifs is 1. The summed E-state index contributed by atoms with van der Waals surface area (Å²) in [5.74, 6) is -0.330. The highest BCUT2D eigenvalue weighted by Gasteiger charge is 2.33. The summed E-state index contributed by atoms with van der Waals surface area (Å²) in [5.41, 5.74) is 0.714. The first-order valence-electron chi connectivity index (χ1n) is 10.8. The Morgan fingerprint density at radius 3 is 2.81 bits per heavy atom. The van der Waals surface area contributed by atoms with Gasteiger partial charge < -0.3 is 9.88 Å². The number of thioether (sulfide) groups is 1. The van der Waals surface area contributed by atoms with E-state index in [1.807, 2.05) is 16.8 Å². The quantitative estimate of drug-likeness (QED) is 0.346. The molecule has 0 unspecified atom stereocenters. The summed E-state index contributed by atoms with van der Waals surface area (Å²) in [4.78, 5) is 20.8. The van der Waals surface area contributed by atoms with E-state index in [1.54, 1.807) is 36.9 Å². The molecule has 2 aromatic heterocycles. The summed E-state index contributed by atoms with van der Waals surface area (Å²) in [6.45, 7) is 1.22. The van der Waals surface area contributed by atoms with Crippen molar-refractivity contribution in [1.29, 1.82) is 0 Å². The van der Waals surface area contributed by atoms with Crippen molar-refractivity contribution in [2.75, 3.05) is 6.54 Å². The normalized spacial score (nSPS) is 15.2. The molecule has 0 radical (unpaired) electrons. The number of benzene rings is 2. The standard InChI is InChI=1S/C24H18ClF3N6OS/c25-18-3-2-16(19(11-18)24(26,27)28)13-34-20-4-1-15(9-17(20)12-31-34)10-21-22(35)32-23(36-21)30-6-8-33-7-5-29-14-33/h1-5,7,9-12,14H,6,8,13H2,(H,30,32,35). The number of amides is 1. The molecule has 1 N–H and O–H groups in total. The molecule has 1 aliphatic rings. The first-order valence-corrected chi connectivity index (χ1v) is 12.0.